The molecule has 4 nitrogen and oxygen atoms in total. The molecule has 1 amide bonds. The van der Waals surface area contributed by atoms with Gasteiger partial charge in [0.05, 0.1) is 11.6 Å². The first-order valence-corrected chi connectivity index (χ1v) is 10.5. The lowest BCUT2D eigenvalue weighted by molar-refractivity contribution is 0.0935. The summed E-state index contributed by atoms with van der Waals surface area (Å²) < 4.78 is 0. The summed E-state index contributed by atoms with van der Waals surface area (Å²) in [5.41, 5.74) is 2.47. The third-order valence-electron chi connectivity index (χ3n) is 5.10. The molecule has 2 aromatic rings. The van der Waals surface area contributed by atoms with Crippen molar-refractivity contribution in [3.63, 3.8) is 0 Å². The summed E-state index contributed by atoms with van der Waals surface area (Å²) in [6, 6.07) is 17.5. The predicted molar refractivity (Wildman–Crippen MR) is 110 cm³/mol. The zero-order valence-corrected chi connectivity index (χ0v) is 16.5. The molecule has 0 saturated carbocycles. The summed E-state index contributed by atoms with van der Waals surface area (Å²) in [6.07, 6.45) is 4.32. The highest BCUT2D eigenvalue weighted by atomic mass is 32.2. The maximum absolute atomic E-state index is 12.3. The van der Waals surface area contributed by atoms with E-state index in [1.54, 1.807) is 36.0 Å². The Labute approximate surface area is 165 Å². The average Bonchev–Trinajstić information content (AvgIpc) is 2.73. The van der Waals surface area contributed by atoms with Crippen molar-refractivity contribution < 1.29 is 4.79 Å². The highest BCUT2D eigenvalue weighted by Gasteiger charge is 2.20. The molecule has 140 valence electrons. The molecule has 1 fully saturated rings. The molecule has 5 heteroatoms. The van der Waals surface area contributed by atoms with Crippen LogP contribution in [0, 0.1) is 17.2 Å². The molecule has 0 atom stereocenters. The van der Waals surface area contributed by atoms with Crippen molar-refractivity contribution in [2.45, 2.75) is 24.3 Å². The minimum atomic E-state index is -0.0940. The number of thioether (sulfide) groups is 1. The van der Waals surface area contributed by atoms with Crippen molar-refractivity contribution in [2.24, 2.45) is 5.92 Å². The lowest BCUT2D eigenvalue weighted by atomic mass is 9.96. The Morgan fingerprint density at radius 2 is 2.00 bits per heavy atom. The molecule has 0 aromatic heterocycles. The SMILES string of the molecule is CSc1ccccc1CN1CCC(CNC(=O)c2cccc(C#N)c2)CC1. The van der Waals surface area contributed by atoms with Crippen molar-refractivity contribution in [3.05, 3.63) is 65.2 Å². The minimum absolute atomic E-state index is 0.0940. The summed E-state index contributed by atoms with van der Waals surface area (Å²) >= 11 is 1.80. The highest BCUT2D eigenvalue weighted by molar-refractivity contribution is 7.98. The van der Waals surface area contributed by atoms with Gasteiger partial charge in [-0.05, 0) is 67.9 Å². The van der Waals surface area contributed by atoms with Gasteiger partial charge in [0.15, 0.2) is 0 Å². The first-order valence-electron chi connectivity index (χ1n) is 9.32. The number of nitrogens with zero attached hydrogens (tertiary/aromatic N) is 2. The maximum atomic E-state index is 12.3. The number of nitrogens with one attached hydrogen (secondary N) is 1. The number of piperidine rings is 1. The Morgan fingerprint density at radius 1 is 1.22 bits per heavy atom. The van der Waals surface area contributed by atoms with E-state index in [9.17, 15) is 4.79 Å². The molecule has 1 N–H and O–H groups in total. The van der Waals surface area contributed by atoms with Crippen LogP contribution in [-0.2, 0) is 6.54 Å². The topological polar surface area (TPSA) is 56.1 Å². The zero-order chi connectivity index (χ0) is 19.1. The Bertz CT molecular complexity index is 822. The summed E-state index contributed by atoms with van der Waals surface area (Å²) in [7, 11) is 0. The monoisotopic (exact) mass is 379 g/mol. The fourth-order valence-corrected chi connectivity index (χ4v) is 4.10. The lowest BCUT2D eigenvalue weighted by Crippen LogP contribution is -2.38. The molecule has 1 saturated heterocycles. The summed E-state index contributed by atoms with van der Waals surface area (Å²) in [4.78, 5) is 16.2. The Balaban J connectivity index is 1.45. The van der Waals surface area contributed by atoms with E-state index >= 15 is 0 Å². The number of rotatable bonds is 6. The molecule has 1 aliphatic rings. The molecule has 0 bridgehead atoms. The molecular formula is C22H25N3OS. The molecule has 0 aliphatic carbocycles. The second kappa shape index (κ2) is 9.59. The molecular weight excluding hydrogens is 354 g/mol. The largest absolute Gasteiger partial charge is 0.352 e. The van der Waals surface area contributed by atoms with Crippen molar-refractivity contribution in [2.75, 3.05) is 25.9 Å². The quantitative estimate of drug-likeness (QED) is 0.773. The van der Waals surface area contributed by atoms with Crippen LogP contribution in [0.25, 0.3) is 0 Å². The summed E-state index contributed by atoms with van der Waals surface area (Å²) in [5, 5.41) is 12.0. The second-order valence-electron chi connectivity index (χ2n) is 6.93. The molecule has 27 heavy (non-hydrogen) atoms. The van der Waals surface area contributed by atoms with Crippen LogP contribution >= 0.6 is 11.8 Å². The van der Waals surface area contributed by atoms with Crippen LogP contribution in [0.1, 0.15) is 34.3 Å². The van der Waals surface area contributed by atoms with Gasteiger partial charge in [-0.25, -0.2) is 0 Å². The number of carbonyl (C=O) groups is 1. The molecule has 3 rings (SSSR count). The Kier molecular flexibility index (Phi) is 6.92. The fraction of sp³-hybridized carbons (Fsp3) is 0.364. The molecule has 0 unspecified atom stereocenters. The van der Waals surface area contributed by atoms with E-state index in [0.29, 0.717) is 23.6 Å². The molecule has 0 radical (unpaired) electrons. The molecule has 0 spiro atoms. The average molecular weight is 380 g/mol. The van der Waals surface area contributed by atoms with Gasteiger partial charge in [0.25, 0.3) is 5.91 Å². The van der Waals surface area contributed by atoms with E-state index in [1.165, 1.54) is 10.5 Å². The third-order valence-corrected chi connectivity index (χ3v) is 5.94. The Hall–Kier alpha value is -2.29. The van der Waals surface area contributed by atoms with Crippen LogP contribution in [0.5, 0.6) is 0 Å². The van der Waals surface area contributed by atoms with E-state index in [0.717, 1.165) is 32.5 Å². The van der Waals surface area contributed by atoms with Crippen LogP contribution in [0.3, 0.4) is 0 Å². The van der Waals surface area contributed by atoms with Crippen LogP contribution in [0.4, 0.5) is 0 Å². The van der Waals surface area contributed by atoms with Gasteiger partial charge in [-0.15, -0.1) is 11.8 Å². The van der Waals surface area contributed by atoms with E-state index < -0.39 is 0 Å². The van der Waals surface area contributed by atoms with Gasteiger partial charge < -0.3 is 5.32 Å². The normalized spacial score (nSPS) is 15.3. The van der Waals surface area contributed by atoms with E-state index in [-0.39, 0.29) is 5.91 Å². The van der Waals surface area contributed by atoms with Crippen molar-refractivity contribution in [1.29, 1.82) is 5.26 Å². The number of amides is 1. The zero-order valence-electron chi connectivity index (χ0n) is 15.6. The molecule has 1 aliphatic heterocycles. The van der Waals surface area contributed by atoms with Crippen molar-refractivity contribution in [1.82, 2.24) is 10.2 Å². The van der Waals surface area contributed by atoms with Gasteiger partial charge in [0.1, 0.15) is 0 Å². The standard InChI is InChI=1S/C22H25N3OS/c1-27-21-8-3-2-6-20(21)16-25-11-9-17(10-12-25)15-24-22(26)19-7-4-5-18(13-19)14-23/h2-8,13,17H,9-12,15-16H2,1H3,(H,24,26). The fourth-order valence-electron chi connectivity index (χ4n) is 3.49. The Morgan fingerprint density at radius 3 is 2.74 bits per heavy atom. The lowest BCUT2D eigenvalue weighted by Gasteiger charge is -2.32. The van der Waals surface area contributed by atoms with E-state index in [1.807, 2.05) is 0 Å². The molecule has 1 heterocycles. The molecule has 2 aromatic carbocycles. The predicted octanol–water partition coefficient (Wildman–Crippen LogP) is 3.92. The van der Waals surface area contributed by atoms with Gasteiger partial charge >= 0.3 is 0 Å². The number of hydrogen-bond acceptors (Lipinski definition) is 4. The van der Waals surface area contributed by atoms with E-state index in [4.69, 9.17) is 5.26 Å². The first kappa shape index (κ1) is 19.5. The van der Waals surface area contributed by atoms with Crippen LogP contribution in [-0.4, -0.2) is 36.7 Å². The van der Waals surface area contributed by atoms with Crippen molar-refractivity contribution in [3.8, 4) is 6.07 Å². The van der Waals surface area contributed by atoms with E-state index in [2.05, 4.69) is 46.8 Å². The number of benzene rings is 2. The second-order valence-corrected chi connectivity index (χ2v) is 7.78. The van der Waals surface area contributed by atoms with Gasteiger partial charge in [-0.3, -0.25) is 9.69 Å². The van der Waals surface area contributed by atoms with Gasteiger partial charge in [-0.1, -0.05) is 24.3 Å². The highest BCUT2D eigenvalue weighted by Crippen LogP contribution is 2.24. The van der Waals surface area contributed by atoms with Crippen LogP contribution in [0.15, 0.2) is 53.4 Å². The smallest absolute Gasteiger partial charge is 0.251 e. The van der Waals surface area contributed by atoms with Gasteiger partial charge in [0.2, 0.25) is 0 Å². The minimum Gasteiger partial charge on any atom is -0.352 e. The number of carbonyl (C=O) groups excluding carboxylic acids is 1. The van der Waals surface area contributed by atoms with Gasteiger partial charge in [0, 0.05) is 23.5 Å². The number of likely N-dealkylation sites (tertiary alicyclic amines) is 1. The third kappa shape index (κ3) is 5.35. The summed E-state index contributed by atoms with van der Waals surface area (Å²) in [6.45, 7) is 3.82. The maximum Gasteiger partial charge on any atom is 0.251 e. The first-order chi connectivity index (χ1) is 13.2. The van der Waals surface area contributed by atoms with Crippen LogP contribution in [0.2, 0.25) is 0 Å². The van der Waals surface area contributed by atoms with Crippen molar-refractivity contribution >= 4 is 17.7 Å². The number of hydrogen-bond donors (Lipinski definition) is 1. The van der Waals surface area contributed by atoms with Crippen LogP contribution < -0.4 is 5.32 Å². The van der Waals surface area contributed by atoms with Gasteiger partial charge in [-0.2, -0.15) is 5.26 Å². The summed E-state index contributed by atoms with van der Waals surface area (Å²) in [5.74, 6) is 0.420. The number of nitriles is 1.